The molecule has 1 aliphatic carbocycles. The lowest BCUT2D eigenvalue weighted by molar-refractivity contribution is 1.28. The zero-order valence-electron chi connectivity index (χ0n) is 33.0. The van der Waals surface area contributed by atoms with Crippen molar-refractivity contribution in [1.29, 1.82) is 0 Å². The monoisotopic (exact) mass is 761 g/mol. The summed E-state index contributed by atoms with van der Waals surface area (Å²) in [6.45, 7) is 0. The van der Waals surface area contributed by atoms with E-state index >= 15 is 0 Å². The lowest BCUT2D eigenvalue weighted by Crippen LogP contribution is -2.10. The second-order valence-electron chi connectivity index (χ2n) is 16.1. The van der Waals surface area contributed by atoms with Crippen LogP contribution in [0, 0.1) is 0 Å². The van der Waals surface area contributed by atoms with E-state index in [1.807, 2.05) is 0 Å². The predicted molar refractivity (Wildman–Crippen MR) is 256 cm³/mol. The van der Waals surface area contributed by atoms with E-state index in [2.05, 4.69) is 229 Å². The van der Waals surface area contributed by atoms with E-state index in [1.54, 1.807) is 0 Å². The van der Waals surface area contributed by atoms with Gasteiger partial charge in [-0.1, -0.05) is 176 Å². The van der Waals surface area contributed by atoms with Gasteiger partial charge in [-0.15, -0.1) is 0 Å². The van der Waals surface area contributed by atoms with Gasteiger partial charge in [0.2, 0.25) is 0 Å². The largest absolute Gasteiger partial charge is 0.310 e. The molecule has 280 valence electrons. The van der Waals surface area contributed by atoms with E-state index in [9.17, 15) is 0 Å². The molecular formula is C59H39N. The SMILES string of the molecule is c1ccc(-c2cccc(N(c3ccc(-c4ccc5ccc6ccc7c(c6c5c4)Cc4ccccc4-7)cc3)c3ccc(-c4cc5ccccc5c5ccccc45)cc3)c2)cc1. The summed E-state index contributed by atoms with van der Waals surface area (Å²) in [7, 11) is 0. The Balaban J connectivity index is 0.955. The number of fused-ring (bicyclic) bond motifs is 10. The fraction of sp³-hybridized carbons (Fsp3) is 0.0169. The highest BCUT2D eigenvalue weighted by atomic mass is 15.1. The van der Waals surface area contributed by atoms with Crippen molar-refractivity contribution in [2.45, 2.75) is 6.42 Å². The van der Waals surface area contributed by atoms with E-state index in [-0.39, 0.29) is 0 Å². The minimum Gasteiger partial charge on any atom is -0.310 e. The van der Waals surface area contributed by atoms with E-state index in [1.165, 1.54) is 98.7 Å². The van der Waals surface area contributed by atoms with E-state index in [0.29, 0.717) is 0 Å². The molecule has 0 saturated heterocycles. The van der Waals surface area contributed by atoms with Crippen LogP contribution >= 0.6 is 0 Å². The normalized spacial score (nSPS) is 11.9. The van der Waals surface area contributed by atoms with Gasteiger partial charge in [-0.25, -0.2) is 0 Å². The van der Waals surface area contributed by atoms with Crippen molar-refractivity contribution >= 4 is 60.2 Å². The van der Waals surface area contributed by atoms with Crippen LogP contribution in [0.2, 0.25) is 0 Å². The lowest BCUT2D eigenvalue weighted by Gasteiger charge is -2.26. The van der Waals surface area contributed by atoms with Gasteiger partial charge < -0.3 is 4.90 Å². The molecule has 0 spiro atoms. The molecule has 1 nitrogen and oxygen atoms in total. The van der Waals surface area contributed by atoms with Crippen molar-refractivity contribution in [2.75, 3.05) is 4.90 Å². The Kier molecular flexibility index (Phi) is 7.99. The van der Waals surface area contributed by atoms with E-state index in [0.717, 1.165) is 23.5 Å². The van der Waals surface area contributed by atoms with Gasteiger partial charge >= 0.3 is 0 Å². The maximum atomic E-state index is 2.41. The minimum absolute atomic E-state index is 0.974. The van der Waals surface area contributed by atoms with Crippen molar-refractivity contribution in [2.24, 2.45) is 0 Å². The Morgan fingerprint density at radius 1 is 0.283 bits per heavy atom. The summed E-state index contributed by atoms with van der Waals surface area (Å²) in [6.07, 6.45) is 0.974. The van der Waals surface area contributed by atoms with Crippen molar-refractivity contribution in [3.05, 3.63) is 236 Å². The Hall–Kier alpha value is -7.74. The van der Waals surface area contributed by atoms with Crippen LogP contribution in [0.25, 0.3) is 87.6 Å². The first-order chi connectivity index (χ1) is 29.7. The molecule has 0 fully saturated rings. The van der Waals surface area contributed by atoms with Gasteiger partial charge in [0.25, 0.3) is 0 Å². The van der Waals surface area contributed by atoms with Crippen molar-refractivity contribution in [3.8, 4) is 44.5 Å². The summed E-state index contributed by atoms with van der Waals surface area (Å²) in [4.78, 5) is 2.38. The van der Waals surface area contributed by atoms with Gasteiger partial charge in [0, 0.05) is 17.1 Å². The van der Waals surface area contributed by atoms with Crippen molar-refractivity contribution in [3.63, 3.8) is 0 Å². The summed E-state index contributed by atoms with van der Waals surface area (Å²) in [5, 5.41) is 10.4. The molecule has 0 radical (unpaired) electrons. The van der Waals surface area contributed by atoms with Crippen molar-refractivity contribution in [1.82, 2.24) is 0 Å². The molecule has 0 heterocycles. The summed E-state index contributed by atoms with van der Waals surface area (Å²) in [5.74, 6) is 0. The summed E-state index contributed by atoms with van der Waals surface area (Å²) in [5.41, 5.74) is 16.2. The molecule has 0 aliphatic heterocycles. The fourth-order valence-electron chi connectivity index (χ4n) is 9.75. The lowest BCUT2D eigenvalue weighted by atomic mass is 9.92. The zero-order valence-corrected chi connectivity index (χ0v) is 33.0. The number of hydrogen-bond donors (Lipinski definition) is 0. The number of hydrogen-bond acceptors (Lipinski definition) is 1. The molecule has 0 atom stereocenters. The van der Waals surface area contributed by atoms with Gasteiger partial charge in [-0.05, 0) is 154 Å². The summed E-state index contributed by atoms with van der Waals surface area (Å²) < 4.78 is 0. The molecule has 1 heteroatoms. The molecule has 1 aliphatic rings. The van der Waals surface area contributed by atoms with Gasteiger partial charge in [0.05, 0.1) is 0 Å². The highest BCUT2D eigenvalue weighted by Crippen LogP contribution is 2.44. The average molecular weight is 762 g/mol. The van der Waals surface area contributed by atoms with Crippen molar-refractivity contribution < 1.29 is 0 Å². The average Bonchev–Trinajstić information content (AvgIpc) is 3.71. The molecule has 0 saturated carbocycles. The topological polar surface area (TPSA) is 3.24 Å². The molecular weight excluding hydrogens is 723 g/mol. The van der Waals surface area contributed by atoms with Crippen LogP contribution in [-0.2, 0) is 6.42 Å². The first kappa shape index (κ1) is 34.3. The molecule has 60 heavy (non-hydrogen) atoms. The third-order valence-electron chi connectivity index (χ3n) is 12.7. The third-order valence-corrected chi connectivity index (χ3v) is 12.7. The van der Waals surface area contributed by atoms with Gasteiger partial charge in [-0.2, -0.15) is 0 Å². The fourth-order valence-corrected chi connectivity index (χ4v) is 9.75. The van der Waals surface area contributed by atoms with Crippen LogP contribution < -0.4 is 4.90 Å². The molecule has 11 aromatic rings. The first-order valence-electron chi connectivity index (χ1n) is 20.9. The van der Waals surface area contributed by atoms with Crippen LogP contribution in [0.15, 0.2) is 224 Å². The molecule has 0 bridgehead atoms. The third kappa shape index (κ3) is 5.70. The van der Waals surface area contributed by atoms with Crippen LogP contribution in [0.3, 0.4) is 0 Å². The molecule has 0 aromatic heterocycles. The molecule has 0 N–H and O–H groups in total. The highest BCUT2D eigenvalue weighted by molar-refractivity contribution is 6.14. The van der Waals surface area contributed by atoms with Crippen LogP contribution in [-0.4, -0.2) is 0 Å². The standard InChI is InChI=1S/C59H39N/c1-2-11-39(12-3-1)44-15-10-16-50(35-44)60(49-32-27-41(28-33-49)56-37-46-13-4-6-17-51(46)53-19-8-9-20-54(53)56)48-30-25-40(26-31-48)45-24-22-42-21-23-43-29-34-55-52-18-7-5-14-47(52)38-58(55)59(43)57(42)36-45/h1-37H,38H2. The maximum absolute atomic E-state index is 2.41. The molecule has 12 rings (SSSR count). The van der Waals surface area contributed by atoms with E-state index in [4.69, 9.17) is 0 Å². The number of rotatable bonds is 6. The van der Waals surface area contributed by atoms with Gasteiger partial charge in [0.15, 0.2) is 0 Å². The number of nitrogens with zero attached hydrogens (tertiary/aromatic N) is 1. The second kappa shape index (κ2) is 14.0. The Morgan fingerprint density at radius 2 is 0.883 bits per heavy atom. The Labute approximate surface area is 350 Å². The summed E-state index contributed by atoms with van der Waals surface area (Å²) >= 11 is 0. The molecule has 0 amide bonds. The van der Waals surface area contributed by atoms with E-state index < -0.39 is 0 Å². The van der Waals surface area contributed by atoms with Crippen LogP contribution in [0.1, 0.15) is 11.1 Å². The number of anilines is 3. The van der Waals surface area contributed by atoms with Crippen LogP contribution in [0.5, 0.6) is 0 Å². The zero-order chi connectivity index (χ0) is 39.6. The van der Waals surface area contributed by atoms with Gasteiger partial charge in [-0.3, -0.25) is 0 Å². The predicted octanol–water partition coefficient (Wildman–Crippen LogP) is 16.3. The molecule has 0 unspecified atom stereocenters. The maximum Gasteiger partial charge on any atom is 0.0467 e. The molecule has 11 aromatic carbocycles. The Bertz CT molecular complexity index is 3430. The minimum atomic E-state index is 0.974. The van der Waals surface area contributed by atoms with Crippen LogP contribution in [0.4, 0.5) is 17.1 Å². The quantitative estimate of drug-likeness (QED) is 0.153. The second-order valence-corrected chi connectivity index (χ2v) is 16.1. The smallest absolute Gasteiger partial charge is 0.0467 e. The first-order valence-corrected chi connectivity index (χ1v) is 20.9. The number of benzene rings is 11. The van der Waals surface area contributed by atoms with Gasteiger partial charge in [0.1, 0.15) is 0 Å². The Morgan fingerprint density at radius 3 is 1.72 bits per heavy atom. The summed E-state index contributed by atoms with van der Waals surface area (Å²) in [6, 6.07) is 82.6. The highest BCUT2D eigenvalue weighted by Gasteiger charge is 2.22.